The predicted octanol–water partition coefficient (Wildman–Crippen LogP) is 4.30. The molecule has 10 heteroatoms. The summed E-state index contributed by atoms with van der Waals surface area (Å²) in [4.78, 5) is 31.9. The van der Waals surface area contributed by atoms with Gasteiger partial charge in [-0.2, -0.15) is 4.98 Å². The molecule has 2 aromatic heterocycles. The molecule has 1 saturated heterocycles. The van der Waals surface area contributed by atoms with E-state index < -0.39 is 11.5 Å². The third kappa shape index (κ3) is 4.28. The Kier molecular flexibility index (Phi) is 6.28. The highest BCUT2D eigenvalue weighted by Gasteiger charge is 2.42. The van der Waals surface area contributed by atoms with E-state index in [2.05, 4.69) is 51.9 Å². The van der Waals surface area contributed by atoms with E-state index in [0.29, 0.717) is 41.8 Å². The van der Waals surface area contributed by atoms with Crippen molar-refractivity contribution in [3.8, 4) is 5.69 Å². The van der Waals surface area contributed by atoms with Crippen LogP contribution in [-0.4, -0.2) is 59.7 Å². The molecule has 2 aliphatic heterocycles. The second-order valence-electron chi connectivity index (χ2n) is 12.2. The number of aromatic nitrogens is 5. The van der Waals surface area contributed by atoms with Crippen LogP contribution in [0.15, 0.2) is 47.4 Å². The molecule has 0 radical (unpaired) electrons. The maximum atomic E-state index is 13.0. The third-order valence-corrected chi connectivity index (χ3v) is 9.64. The van der Waals surface area contributed by atoms with Crippen LogP contribution >= 0.6 is 11.6 Å². The summed E-state index contributed by atoms with van der Waals surface area (Å²) in [6, 6.07) is 12.1. The standard InChI is InChI=1S/C31H33ClN6O3/c1-31(2)28-21(5-3-8-25(28)38-24-7-4-6-22(32)27(24)29(41)33-30(31)38)18-9-11-19(12-10-18)23-16-37(35-34-23)17-26(40)36-14-13-20(39)15-36/h3-8,16,18-20,39H,9-15,17H2,1-2H3. The quantitative estimate of drug-likeness (QED) is 0.391. The first-order valence-electron chi connectivity index (χ1n) is 14.4. The molecule has 0 bridgehead atoms. The van der Waals surface area contributed by atoms with Crippen LogP contribution in [0.4, 0.5) is 0 Å². The van der Waals surface area contributed by atoms with E-state index in [1.165, 1.54) is 11.1 Å². The van der Waals surface area contributed by atoms with Gasteiger partial charge in [0.15, 0.2) is 0 Å². The lowest BCUT2D eigenvalue weighted by Gasteiger charge is -2.31. The molecule has 0 spiro atoms. The Morgan fingerprint density at radius 3 is 2.59 bits per heavy atom. The van der Waals surface area contributed by atoms with Crippen molar-refractivity contribution in [3.05, 3.63) is 80.6 Å². The van der Waals surface area contributed by atoms with Crippen LogP contribution in [0.25, 0.3) is 16.6 Å². The number of likely N-dealkylation sites (tertiary alicyclic amines) is 1. The van der Waals surface area contributed by atoms with Gasteiger partial charge in [0.25, 0.3) is 5.56 Å². The fourth-order valence-corrected chi connectivity index (χ4v) is 7.50. The monoisotopic (exact) mass is 572 g/mol. The number of benzene rings is 2. The number of hydrogen-bond donors (Lipinski definition) is 1. The van der Waals surface area contributed by atoms with Gasteiger partial charge in [-0.15, -0.1) is 5.10 Å². The van der Waals surface area contributed by atoms with Gasteiger partial charge in [-0.25, -0.2) is 4.68 Å². The highest BCUT2D eigenvalue weighted by atomic mass is 35.5. The lowest BCUT2D eigenvalue weighted by atomic mass is 9.72. The molecule has 212 valence electrons. The van der Waals surface area contributed by atoms with Crippen LogP contribution in [0, 0.1) is 0 Å². The largest absolute Gasteiger partial charge is 0.391 e. The molecular weight excluding hydrogens is 540 g/mol. The average Bonchev–Trinajstić information content (AvgIpc) is 3.66. The van der Waals surface area contributed by atoms with Crippen LogP contribution in [0.1, 0.15) is 80.4 Å². The highest BCUT2D eigenvalue weighted by molar-refractivity contribution is 6.35. The minimum Gasteiger partial charge on any atom is -0.391 e. The van der Waals surface area contributed by atoms with Crippen molar-refractivity contribution in [2.45, 2.75) is 75.9 Å². The molecule has 1 N–H and O–H groups in total. The van der Waals surface area contributed by atoms with E-state index in [1.807, 2.05) is 18.3 Å². The van der Waals surface area contributed by atoms with Crippen molar-refractivity contribution in [1.29, 1.82) is 0 Å². The maximum Gasteiger partial charge on any atom is 0.282 e. The number of halogens is 1. The lowest BCUT2D eigenvalue weighted by Crippen LogP contribution is -2.32. The summed E-state index contributed by atoms with van der Waals surface area (Å²) < 4.78 is 3.75. The predicted molar refractivity (Wildman–Crippen MR) is 156 cm³/mol. The smallest absolute Gasteiger partial charge is 0.282 e. The van der Waals surface area contributed by atoms with Crippen molar-refractivity contribution in [2.24, 2.45) is 0 Å². The van der Waals surface area contributed by atoms with Gasteiger partial charge in [0.1, 0.15) is 12.4 Å². The van der Waals surface area contributed by atoms with E-state index in [0.717, 1.165) is 48.4 Å². The molecule has 3 aliphatic rings. The summed E-state index contributed by atoms with van der Waals surface area (Å²) in [5.41, 5.74) is 4.65. The summed E-state index contributed by atoms with van der Waals surface area (Å²) in [5.74, 6) is 1.41. The van der Waals surface area contributed by atoms with Crippen molar-refractivity contribution in [2.75, 3.05) is 13.1 Å². The summed E-state index contributed by atoms with van der Waals surface area (Å²) >= 11 is 6.45. The second kappa shape index (κ2) is 9.77. The zero-order valence-corrected chi connectivity index (χ0v) is 24.0. The van der Waals surface area contributed by atoms with Crippen LogP contribution in [-0.2, 0) is 16.8 Å². The number of carbonyl (C=O) groups is 1. The number of aliphatic hydroxyl groups excluding tert-OH is 1. The Bertz CT molecular complexity index is 1740. The Balaban J connectivity index is 1.12. The highest BCUT2D eigenvalue weighted by Crippen LogP contribution is 2.49. The Morgan fingerprint density at radius 2 is 1.83 bits per heavy atom. The molecule has 7 rings (SSSR count). The summed E-state index contributed by atoms with van der Waals surface area (Å²) in [7, 11) is 0. The molecule has 2 fully saturated rings. The van der Waals surface area contributed by atoms with E-state index in [1.54, 1.807) is 15.6 Å². The summed E-state index contributed by atoms with van der Waals surface area (Å²) in [6.07, 6.45) is 6.12. The Labute approximate surface area is 242 Å². The van der Waals surface area contributed by atoms with Gasteiger partial charge in [0.2, 0.25) is 5.91 Å². The van der Waals surface area contributed by atoms with Gasteiger partial charge in [-0.3, -0.25) is 14.2 Å². The van der Waals surface area contributed by atoms with E-state index >= 15 is 0 Å². The zero-order chi connectivity index (χ0) is 28.5. The molecule has 9 nitrogen and oxygen atoms in total. The molecule has 4 heterocycles. The maximum absolute atomic E-state index is 13.0. The summed E-state index contributed by atoms with van der Waals surface area (Å²) in [6.45, 7) is 5.45. The molecule has 1 unspecified atom stereocenters. The van der Waals surface area contributed by atoms with Crippen molar-refractivity contribution < 1.29 is 9.90 Å². The number of fused-ring (bicyclic) bond motifs is 5. The SMILES string of the molecule is CC1(C)c2c(C3CCC(c4cn(CC(=O)N5CCC(O)C5)nn4)CC3)cccc2-n2c1nc(=O)c1c(Cl)cccc12. The van der Waals surface area contributed by atoms with Gasteiger partial charge < -0.3 is 10.0 Å². The lowest BCUT2D eigenvalue weighted by molar-refractivity contribution is -0.131. The molecule has 2 aromatic carbocycles. The summed E-state index contributed by atoms with van der Waals surface area (Å²) in [5, 5.41) is 19.3. The fraction of sp³-hybridized carbons (Fsp3) is 0.452. The molecule has 41 heavy (non-hydrogen) atoms. The van der Waals surface area contributed by atoms with Gasteiger partial charge in [-0.1, -0.05) is 35.0 Å². The Morgan fingerprint density at radius 1 is 1.07 bits per heavy atom. The van der Waals surface area contributed by atoms with Crippen LogP contribution in [0.2, 0.25) is 5.02 Å². The van der Waals surface area contributed by atoms with Crippen molar-refractivity contribution in [1.82, 2.24) is 29.4 Å². The van der Waals surface area contributed by atoms with Gasteiger partial charge in [0, 0.05) is 25.2 Å². The zero-order valence-electron chi connectivity index (χ0n) is 23.3. The number of aliphatic hydroxyl groups is 1. The number of hydrogen-bond acceptors (Lipinski definition) is 6. The first-order chi connectivity index (χ1) is 19.7. The molecule has 1 amide bonds. The van der Waals surface area contributed by atoms with Crippen LogP contribution < -0.4 is 5.56 Å². The molecule has 4 aromatic rings. The number of rotatable bonds is 4. The molecular formula is C31H33ClN6O3. The van der Waals surface area contributed by atoms with Crippen LogP contribution in [0.3, 0.4) is 0 Å². The Hall–Kier alpha value is -3.56. The fourth-order valence-electron chi connectivity index (χ4n) is 7.25. The van der Waals surface area contributed by atoms with E-state index in [9.17, 15) is 14.7 Å². The van der Waals surface area contributed by atoms with E-state index in [4.69, 9.17) is 11.6 Å². The van der Waals surface area contributed by atoms with Crippen molar-refractivity contribution in [3.63, 3.8) is 0 Å². The molecule has 1 aliphatic carbocycles. The molecule has 1 atom stereocenters. The third-order valence-electron chi connectivity index (χ3n) is 9.32. The first-order valence-corrected chi connectivity index (χ1v) is 14.8. The number of carbonyl (C=O) groups excluding carboxylic acids is 1. The van der Waals surface area contributed by atoms with Gasteiger partial charge in [-0.05, 0) is 81.2 Å². The average molecular weight is 573 g/mol. The van der Waals surface area contributed by atoms with Gasteiger partial charge in [0.05, 0.1) is 38.8 Å². The minimum atomic E-state index is -0.431. The van der Waals surface area contributed by atoms with E-state index in [-0.39, 0.29) is 18.0 Å². The van der Waals surface area contributed by atoms with Crippen molar-refractivity contribution >= 4 is 28.4 Å². The number of β-amino-alcohol motifs (C(OH)–C–C–N with tert-alkyl or cyclic N) is 1. The second-order valence-corrected chi connectivity index (χ2v) is 12.7. The number of amides is 1. The number of nitrogens with zero attached hydrogens (tertiary/aromatic N) is 6. The molecule has 1 saturated carbocycles. The minimum absolute atomic E-state index is 0.0326. The van der Waals surface area contributed by atoms with Gasteiger partial charge >= 0.3 is 0 Å². The first kappa shape index (κ1) is 26.3. The topological polar surface area (TPSA) is 106 Å². The van der Waals surface area contributed by atoms with Crippen LogP contribution in [0.5, 0.6) is 0 Å². The normalized spacial score (nSPS) is 23.1.